The summed E-state index contributed by atoms with van der Waals surface area (Å²) in [7, 11) is 1.56. The topological polar surface area (TPSA) is 76.7 Å². The molecule has 0 spiro atoms. The van der Waals surface area contributed by atoms with Crippen LogP contribution < -0.4 is 20.1 Å². The van der Waals surface area contributed by atoms with Gasteiger partial charge in [-0.25, -0.2) is 4.79 Å². The molecule has 1 heterocycles. The summed E-state index contributed by atoms with van der Waals surface area (Å²) in [5.41, 5.74) is 1.98. The first-order valence-corrected chi connectivity index (χ1v) is 7.18. The molecule has 0 aliphatic carbocycles. The minimum absolute atomic E-state index is 0.430. The van der Waals surface area contributed by atoms with E-state index in [0.29, 0.717) is 23.6 Å². The number of rotatable bonds is 3. The molecule has 23 heavy (non-hydrogen) atoms. The van der Waals surface area contributed by atoms with Crippen LogP contribution in [0.3, 0.4) is 0 Å². The number of imide groups is 1. The lowest BCUT2D eigenvalue weighted by Crippen LogP contribution is -2.34. The summed E-state index contributed by atoms with van der Waals surface area (Å²) in [6.45, 7) is 0.623. The van der Waals surface area contributed by atoms with Gasteiger partial charge in [0, 0.05) is 17.7 Å². The Morgan fingerprint density at radius 3 is 2.65 bits per heavy atom. The van der Waals surface area contributed by atoms with Crippen LogP contribution in [-0.4, -0.2) is 25.7 Å². The van der Waals surface area contributed by atoms with E-state index in [-0.39, 0.29) is 0 Å². The summed E-state index contributed by atoms with van der Waals surface area (Å²) in [6.07, 6.45) is 0.772. The number of nitrogens with one attached hydrogen (secondary N) is 2. The molecule has 0 saturated carbocycles. The first kappa shape index (κ1) is 14.9. The molecule has 0 saturated heterocycles. The molecule has 0 unspecified atom stereocenters. The molecule has 1 aliphatic rings. The predicted octanol–water partition coefficient (Wildman–Crippen LogP) is 2.59. The zero-order valence-corrected chi connectivity index (χ0v) is 12.6. The third-order valence-corrected chi connectivity index (χ3v) is 3.53. The maximum atomic E-state index is 12.1. The first-order chi connectivity index (χ1) is 11.2. The van der Waals surface area contributed by atoms with E-state index in [0.717, 1.165) is 17.7 Å². The highest BCUT2D eigenvalue weighted by Gasteiger charge is 2.16. The number of amides is 3. The highest BCUT2D eigenvalue weighted by Crippen LogP contribution is 2.25. The number of hydrogen-bond donors (Lipinski definition) is 2. The molecule has 0 atom stereocenters. The second-order valence-corrected chi connectivity index (χ2v) is 5.06. The maximum Gasteiger partial charge on any atom is 0.326 e. The fraction of sp³-hybridized carbons (Fsp3) is 0.176. The van der Waals surface area contributed by atoms with E-state index >= 15 is 0 Å². The van der Waals surface area contributed by atoms with E-state index in [9.17, 15) is 9.59 Å². The Morgan fingerprint density at radius 2 is 1.91 bits per heavy atom. The van der Waals surface area contributed by atoms with Gasteiger partial charge in [0.25, 0.3) is 5.91 Å². The van der Waals surface area contributed by atoms with Gasteiger partial charge in [-0.2, -0.15) is 0 Å². The summed E-state index contributed by atoms with van der Waals surface area (Å²) < 4.78 is 10.4. The first-order valence-electron chi connectivity index (χ1n) is 7.18. The molecule has 3 rings (SSSR count). The zero-order valence-electron chi connectivity index (χ0n) is 12.6. The molecule has 3 amide bonds. The molecule has 0 fully saturated rings. The number of carbonyl (C=O) groups is 2. The third-order valence-electron chi connectivity index (χ3n) is 3.53. The van der Waals surface area contributed by atoms with Crippen molar-refractivity contribution in [2.24, 2.45) is 0 Å². The Bertz CT molecular complexity index is 741. The summed E-state index contributed by atoms with van der Waals surface area (Å²) >= 11 is 0. The lowest BCUT2D eigenvalue weighted by atomic mass is 10.1. The van der Waals surface area contributed by atoms with Crippen LogP contribution in [-0.2, 0) is 6.42 Å². The summed E-state index contributed by atoms with van der Waals surface area (Å²) in [4.78, 5) is 24.0. The molecule has 1 aliphatic heterocycles. The Morgan fingerprint density at radius 1 is 1.13 bits per heavy atom. The quantitative estimate of drug-likeness (QED) is 0.913. The smallest absolute Gasteiger partial charge is 0.326 e. The number of carbonyl (C=O) groups excluding carboxylic acids is 2. The van der Waals surface area contributed by atoms with Gasteiger partial charge in [0.2, 0.25) is 0 Å². The molecule has 0 bridgehead atoms. The number of hydrogen-bond acceptors (Lipinski definition) is 4. The number of fused-ring (bicyclic) bond motifs is 1. The lowest BCUT2D eigenvalue weighted by Gasteiger charge is -2.08. The van der Waals surface area contributed by atoms with Crippen molar-refractivity contribution in [3.8, 4) is 11.5 Å². The van der Waals surface area contributed by atoms with Gasteiger partial charge in [-0.05, 0) is 48.0 Å². The zero-order chi connectivity index (χ0) is 16.2. The van der Waals surface area contributed by atoms with Crippen LogP contribution in [0.2, 0.25) is 0 Å². The van der Waals surface area contributed by atoms with E-state index in [2.05, 4.69) is 10.6 Å². The fourth-order valence-electron chi connectivity index (χ4n) is 2.34. The molecule has 2 aromatic rings. The Labute approximate surface area is 133 Å². The van der Waals surface area contributed by atoms with Gasteiger partial charge in [0.15, 0.2) is 0 Å². The monoisotopic (exact) mass is 312 g/mol. The molecule has 6 heteroatoms. The summed E-state index contributed by atoms with van der Waals surface area (Å²) in [5, 5.41) is 4.90. The van der Waals surface area contributed by atoms with Crippen LogP contribution in [0.15, 0.2) is 42.5 Å². The second kappa shape index (κ2) is 6.39. The van der Waals surface area contributed by atoms with Gasteiger partial charge in [-0.3, -0.25) is 10.1 Å². The highest BCUT2D eigenvalue weighted by molar-refractivity contribution is 6.08. The van der Waals surface area contributed by atoms with Crippen molar-refractivity contribution in [3.05, 3.63) is 53.6 Å². The van der Waals surface area contributed by atoms with Crippen molar-refractivity contribution >= 4 is 17.6 Å². The Kier molecular flexibility index (Phi) is 4.14. The van der Waals surface area contributed by atoms with Gasteiger partial charge in [0.05, 0.1) is 13.7 Å². The van der Waals surface area contributed by atoms with Crippen LogP contribution in [0, 0.1) is 0 Å². The highest BCUT2D eigenvalue weighted by atomic mass is 16.5. The van der Waals surface area contributed by atoms with Crippen LogP contribution in [0.4, 0.5) is 10.5 Å². The van der Waals surface area contributed by atoms with Crippen LogP contribution in [0.5, 0.6) is 11.5 Å². The van der Waals surface area contributed by atoms with Crippen molar-refractivity contribution in [1.82, 2.24) is 5.32 Å². The molecule has 118 valence electrons. The Balaban J connectivity index is 1.61. The van der Waals surface area contributed by atoms with E-state index in [1.807, 2.05) is 0 Å². The molecule has 0 radical (unpaired) electrons. The minimum Gasteiger partial charge on any atom is -0.497 e. The largest absolute Gasteiger partial charge is 0.497 e. The lowest BCUT2D eigenvalue weighted by molar-refractivity contribution is 0.0967. The van der Waals surface area contributed by atoms with Crippen molar-refractivity contribution in [2.45, 2.75) is 6.42 Å². The average Bonchev–Trinajstić information content (AvgIpc) is 3.03. The third kappa shape index (κ3) is 3.42. The Hall–Kier alpha value is -3.02. The molecule has 0 aromatic heterocycles. The number of ether oxygens (including phenoxy) is 2. The second-order valence-electron chi connectivity index (χ2n) is 5.06. The average molecular weight is 312 g/mol. The van der Waals surface area contributed by atoms with E-state index in [1.54, 1.807) is 49.6 Å². The standard InChI is InChI=1S/C17H16N2O4/c1-22-14-5-3-13(4-6-14)18-17(21)19-16(20)12-2-7-15-11(10-12)8-9-23-15/h2-7,10H,8-9H2,1H3,(H2,18,19,20,21). The maximum absolute atomic E-state index is 12.1. The summed E-state index contributed by atoms with van der Waals surface area (Å²) in [5.74, 6) is 1.03. The van der Waals surface area contributed by atoms with Crippen LogP contribution in [0.1, 0.15) is 15.9 Å². The van der Waals surface area contributed by atoms with Crippen molar-refractivity contribution < 1.29 is 19.1 Å². The van der Waals surface area contributed by atoms with Gasteiger partial charge in [-0.15, -0.1) is 0 Å². The normalized spacial score (nSPS) is 12.0. The number of anilines is 1. The van der Waals surface area contributed by atoms with Gasteiger partial charge in [0.1, 0.15) is 11.5 Å². The van der Waals surface area contributed by atoms with E-state index < -0.39 is 11.9 Å². The molecular formula is C17H16N2O4. The van der Waals surface area contributed by atoms with Gasteiger partial charge in [-0.1, -0.05) is 0 Å². The fourth-order valence-corrected chi connectivity index (χ4v) is 2.34. The molecule has 2 N–H and O–H groups in total. The van der Waals surface area contributed by atoms with Crippen molar-refractivity contribution in [2.75, 3.05) is 19.0 Å². The molecular weight excluding hydrogens is 296 g/mol. The minimum atomic E-state index is -0.586. The summed E-state index contributed by atoms with van der Waals surface area (Å²) in [6, 6.07) is 11.4. The van der Waals surface area contributed by atoms with E-state index in [4.69, 9.17) is 9.47 Å². The number of urea groups is 1. The van der Waals surface area contributed by atoms with Crippen LogP contribution >= 0.6 is 0 Å². The SMILES string of the molecule is COc1ccc(NC(=O)NC(=O)c2ccc3c(c2)CCO3)cc1. The molecule has 2 aromatic carbocycles. The van der Waals surface area contributed by atoms with Gasteiger partial charge >= 0.3 is 6.03 Å². The number of benzene rings is 2. The van der Waals surface area contributed by atoms with Crippen molar-refractivity contribution in [1.29, 1.82) is 0 Å². The van der Waals surface area contributed by atoms with Crippen molar-refractivity contribution in [3.63, 3.8) is 0 Å². The van der Waals surface area contributed by atoms with Gasteiger partial charge < -0.3 is 14.8 Å². The molecule has 6 nitrogen and oxygen atoms in total. The predicted molar refractivity (Wildman–Crippen MR) is 85.1 cm³/mol. The van der Waals surface area contributed by atoms with Crippen LogP contribution in [0.25, 0.3) is 0 Å². The number of methoxy groups -OCH3 is 1. The van der Waals surface area contributed by atoms with E-state index in [1.165, 1.54) is 0 Å².